The summed E-state index contributed by atoms with van der Waals surface area (Å²) in [6.07, 6.45) is -3.44. The number of piperazine rings is 1. The third-order valence-electron chi connectivity index (χ3n) is 3.88. The number of benzene rings is 1. The van der Waals surface area contributed by atoms with Crippen LogP contribution in [0.3, 0.4) is 0 Å². The predicted octanol–water partition coefficient (Wildman–Crippen LogP) is 4.43. The lowest BCUT2D eigenvalue weighted by atomic mass is 9.96. The molecule has 1 aliphatic rings. The maximum absolute atomic E-state index is 13.0. The lowest BCUT2D eigenvalue weighted by molar-refractivity contribution is -0.137. The second-order valence-corrected chi connectivity index (χ2v) is 6.97. The number of anilines is 1. The Morgan fingerprint density at radius 1 is 1.38 bits per heavy atom. The fourth-order valence-corrected chi connectivity index (χ4v) is 3.15. The van der Waals surface area contributed by atoms with Crippen molar-refractivity contribution < 1.29 is 13.2 Å². The summed E-state index contributed by atoms with van der Waals surface area (Å²) in [4.78, 5) is 2.08. The zero-order valence-corrected chi connectivity index (χ0v) is 14.0. The van der Waals surface area contributed by atoms with Crippen LogP contribution in [-0.4, -0.2) is 24.7 Å². The van der Waals surface area contributed by atoms with Crippen molar-refractivity contribution in [1.29, 1.82) is 0 Å². The van der Waals surface area contributed by atoms with Gasteiger partial charge in [-0.15, -0.1) is 0 Å². The van der Waals surface area contributed by atoms with Crippen LogP contribution in [0.15, 0.2) is 22.7 Å². The molecule has 1 aliphatic heterocycles. The van der Waals surface area contributed by atoms with Gasteiger partial charge in [0.1, 0.15) is 0 Å². The van der Waals surface area contributed by atoms with Crippen LogP contribution in [0.5, 0.6) is 0 Å². The van der Waals surface area contributed by atoms with Crippen LogP contribution in [0.2, 0.25) is 0 Å². The van der Waals surface area contributed by atoms with Crippen LogP contribution in [-0.2, 0) is 6.18 Å². The number of alkyl halides is 3. The first kappa shape index (κ1) is 16.6. The Labute approximate surface area is 131 Å². The molecule has 1 fully saturated rings. The van der Waals surface area contributed by atoms with E-state index in [2.05, 4.69) is 46.9 Å². The molecule has 2 nitrogen and oxygen atoms in total. The van der Waals surface area contributed by atoms with E-state index in [4.69, 9.17) is 0 Å². The molecule has 1 N–H and O–H groups in total. The molecule has 1 unspecified atom stereocenters. The fourth-order valence-electron chi connectivity index (χ4n) is 2.67. The third kappa shape index (κ3) is 3.72. The minimum atomic E-state index is -4.32. The SMILES string of the molecule is CCC1CNC(C)(C)CN1c1cc(C(F)(F)F)ccc1Br. The average molecular weight is 365 g/mol. The van der Waals surface area contributed by atoms with E-state index in [0.29, 0.717) is 16.7 Å². The number of hydrogen-bond acceptors (Lipinski definition) is 2. The quantitative estimate of drug-likeness (QED) is 0.834. The minimum Gasteiger partial charge on any atom is -0.365 e. The van der Waals surface area contributed by atoms with Crippen molar-refractivity contribution in [2.45, 2.75) is 44.9 Å². The monoisotopic (exact) mass is 364 g/mol. The summed E-state index contributed by atoms with van der Waals surface area (Å²) in [6, 6.07) is 4.04. The van der Waals surface area contributed by atoms with Gasteiger partial charge in [-0.2, -0.15) is 13.2 Å². The van der Waals surface area contributed by atoms with Crippen LogP contribution in [0.4, 0.5) is 18.9 Å². The van der Waals surface area contributed by atoms with Crippen molar-refractivity contribution in [3.63, 3.8) is 0 Å². The van der Waals surface area contributed by atoms with Gasteiger partial charge in [0.15, 0.2) is 0 Å². The van der Waals surface area contributed by atoms with Crippen molar-refractivity contribution in [2.24, 2.45) is 0 Å². The molecular weight excluding hydrogens is 345 g/mol. The van der Waals surface area contributed by atoms with Gasteiger partial charge in [-0.1, -0.05) is 6.92 Å². The molecule has 0 aromatic heterocycles. The summed E-state index contributed by atoms with van der Waals surface area (Å²) in [5.41, 5.74) is -0.113. The Kier molecular flexibility index (Phi) is 4.59. The molecule has 1 heterocycles. The van der Waals surface area contributed by atoms with Crippen molar-refractivity contribution in [3.05, 3.63) is 28.2 Å². The molecule has 0 amide bonds. The van der Waals surface area contributed by atoms with Crippen molar-refractivity contribution in [2.75, 3.05) is 18.0 Å². The molecule has 118 valence electrons. The molecule has 0 saturated carbocycles. The Bertz CT molecular complexity index is 514. The van der Waals surface area contributed by atoms with Gasteiger partial charge in [-0.3, -0.25) is 0 Å². The Morgan fingerprint density at radius 2 is 2.05 bits per heavy atom. The largest absolute Gasteiger partial charge is 0.416 e. The van der Waals surface area contributed by atoms with Crippen molar-refractivity contribution >= 4 is 21.6 Å². The highest BCUT2D eigenvalue weighted by molar-refractivity contribution is 9.10. The molecule has 1 atom stereocenters. The topological polar surface area (TPSA) is 15.3 Å². The van der Waals surface area contributed by atoms with Crippen LogP contribution in [0.1, 0.15) is 32.8 Å². The van der Waals surface area contributed by atoms with Crippen LogP contribution in [0.25, 0.3) is 0 Å². The molecule has 0 radical (unpaired) electrons. The highest BCUT2D eigenvalue weighted by atomic mass is 79.9. The second-order valence-electron chi connectivity index (χ2n) is 6.12. The van der Waals surface area contributed by atoms with E-state index in [1.54, 1.807) is 0 Å². The van der Waals surface area contributed by atoms with Gasteiger partial charge in [-0.25, -0.2) is 0 Å². The summed E-state index contributed by atoms with van der Waals surface area (Å²) in [5.74, 6) is 0. The number of halogens is 4. The van der Waals surface area contributed by atoms with Crippen molar-refractivity contribution in [3.8, 4) is 0 Å². The molecule has 6 heteroatoms. The number of hydrogen-bond donors (Lipinski definition) is 1. The Balaban J connectivity index is 2.42. The zero-order chi connectivity index (χ0) is 15.8. The van der Waals surface area contributed by atoms with Gasteiger partial charge >= 0.3 is 6.18 Å². The molecule has 1 aromatic carbocycles. The predicted molar refractivity (Wildman–Crippen MR) is 82.7 cm³/mol. The van der Waals surface area contributed by atoms with E-state index in [0.717, 1.165) is 19.0 Å². The van der Waals surface area contributed by atoms with Gasteiger partial charge < -0.3 is 10.2 Å². The second kappa shape index (κ2) is 5.80. The zero-order valence-electron chi connectivity index (χ0n) is 12.4. The van der Waals surface area contributed by atoms with Gasteiger partial charge in [0.05, 0.1) is 11.3 Å². The highest BCUT2D eigenvalue weighted by Gasteiger charge is 2.35. The first-order chi connectivity index (χ1) is 9.64. The molecular formula is C15H20BrF3N2. The molecule has 1 aromatic rings. The number of nitrogens with one attached hydrogen (secondary N) is 1. The summed E-state index contributed by atoms with van der Waals surface area (Å²) in [6.45, 7) is 7.62. The summed E-state index contributed by atoms with van der Waals surface area (Å²) < 4.78 is 39.6. The van der Waals surface area contributed by atoms with Gasteiger partial charge in [0, 0.05) is 29.1 Å². The van der Waals surface area contributed by atoms with E-state index in [1.807, 2.05) is 0 Å². The molecule has 2 rings (SSSR count). The van der Waals surface area contributed by atoms with E-state index >= 15 is 0 Å². The maximum atomic E-state index is 13.0. The van der Waals surface area contributed by atoms with Crippen molar-refractivity contribution in [1.82, 2.24) is 5.32 Å². The minimum absolute atomic E-state index is 0.126. The van der Waals surface area contributed by atoms with E-state index in [9.17, 15) is 13.2 Å². The first-order valence-corrected chi connectivity index (χ1v) is 7.82. The Hall–Kier alpha value is -0.750. The number of nitrogens with zero attached hydrogens (tertiary/aromatic N) is 1. The van der Waals surface area contributed by atoms with E-state index in [-0.39, 0.29) is 11.6 Å². The molecule has 1 saturated heterocycles. The summed E-state index contributed by atoms with van der Waals surface area (Å²) in [7, 11) is 0. The van der Waals surface area contributed by atoms with Crippen LogP contribution < -0.4 is 10.2 Å². The molecule has 0 spiro atoms. The van der Waals surface area contributed by atoms with E-state index in [1.165, 1.54) is 12.1 Å². The van der Waals surface area contributed by atoms with Gasteiger partial charge in [-0.05, 0) is 54.4 Å². The Morgan fingerprint density at radius 3 is 2.62 bits per heavy atom. The van der Waals surface area contributed by atoms with Gasteiger partial charge in [0.25, 0.3) is 0 Å². The van der Waals surface area contributed by atoms with Crippen LogP contribution in [0, 0.1) is 0 Å². The summed E-state index contributed by atoms with van der Waals surface area (Å²) >= 11 is 3.40. The highest BCUT2D eigenvalue weighted by Crippen LogP contribution is 2.37. The lowest BCUT2D eigenvalue weighted by Crippen LogP contribution is -2.61. The molecule has 0 bridgehead atoms. The fraction of sp³-hybridized carbons (Fsp3) is 0.600. The number of rotatable bonds is 2. The van der Waals surface area contributed by atoms with Gasteiger partial charge in [0.2, 0.25) is 0 Å². The molecule has 21 heavy (non-hydrogen) atoms. The van der Waals surface area contributed by atoms with E-state index < -0.39 is 11.7 Å². The summed E-state index contributed by atoms with van der Waals surface area (Å²) in [5, 5.41) is 3.44. The smallest absolute Gasteiger partial charge is 0.365 e. The third-order valence-corrected chi connectivity index (χ3v) is 4.55. The average Bonchev–Trinajstić information content (AvgIpc) is 2.37. The molecule has 0 aliphatic carbocycles. The first-order valence-electron chi connectivity index (χ1n) is 7.02. The maximum Gasteiger partial charge on any atom is 0.416 e. The standard InChI is InChI=1S/C15H20BrF3N2/c1-4-11-8-20-14(2,3)9-21(11)13-7-10(15(17,18)19)5-6-12(13)16/h5-7,11,20H,4,8-9H2,1-3H3. The van der Waals surface area contributed by atoms with Crippen LogP contribution >= 0.6 is 15.9 Å². The normalized spacial score (nSPS) is 22.4. The lowest BCUT2D eigenvalue weighted by Gasteiger charge is -2.46.